The Labute approximate surface area is 50.9 Å². The van der Waals surface area contributed by atoms with Crippen molar-refractivity contribution >= 4 is 5.71 Å². The van der Waals surface area contributed by atoms with Crippen molar-refractivity contribution < 1.29 is 6.21 Å². The molecular weight excluding hydrogens is 102 g/mol. The number of nitrogens with zero attached hydrogens (tertiary/aromatic N) is 1. The van der Waals surface area contributed by atoms with Gasteiger partial charge in [-0.15, -0.1) is 0 Å². The number of hydrogen-bond acceptors (Lipinski definition) is 2. The van der Waals surface area contributed by atoms with Crippen molar-refractivity contribution in [3.63, 3.8) is 0 Å². The predicted molar refractivity (Wildman–Crippen MR) is 32.9 cm³/mol. The number of hydrogen-bond donors (Lipinski definition) is 0. The summed E-state index contributed by atoms with van der Waals surface area (Å²) in [6.45, 7) is 3.81. The van der Waals surface area contributed by atoms with Gasteiger partial charge < -0.3 is 4.84 Å². The van der Waals surface area contributed by atoms with Crippen LogP contribution in [0.2, 0.25) is 0 Å². The molecule has 1 unspecified atom stereocenters. The molecule has 0 saturated heterocycles. The normalized spacial score (nSPS) is 38.2. The van der Waals surface area contributed by atoms with Gasteiger partial charge in [0.1, 0.15) is 6.08 Å². The van der Waals surface area contributed by atoms with Gasteiger partial charge in [0.25, 0.3) is 0 Å². The number of oxime groups is 1. The fourth-order valence-electron chi connectivity index (χ4n) is 0.682. The SMILES string of the molecule is [2H]C1(CC)CC(C)=NO1. The second kappa shape index (κ2) is 2.16. The summed E-state index contributed by atoms with van der Waals surface area (Å²) in [6.07, 6.45) is 0.613. The van der Waals surface area contributed by atoms with Crippen LogP contribution in [0.3, 0.4) is 0 Å². The summed E-state index contributed by atoms with van der Waals surface area (Å²) < 4.78 is 7.52. The van der Waals surface area contributed by atoms with E-state index in [2.05, 4.69) is 5.16 Å². The lowest BCUT2D eigenvalue weighted by Crippen LogP contribution is -2.03. The first-order valence-electron chi connectivity index (χ1n) is 3.38. The Kier molecular flexibility index (Phi) is 1.18. The molecule has 0 aromatic heterocycles. The van der Waals surface area contributed by atoms with Crippen LogP contribution in [0, 0.1) is 0 Å². The summed E-state index contributed by atoms with van der Waals surface area (Å²) in [7, 11) is 0. The minimum Gasteiger partial charge on any atom is -0.392 e. The zero-order valence-electron chi connectivity index (χ0n) is 6.27. The summed E-state index contributed by atoms with van der Waals surface area (Å²) >= 11 is 0. The van der Waals surface area contributed by atoms with Gasteiger partial charge in [0.15, 0.2) is 0 Å². The third-order valence-electron chi connectivity index (χ3n) is 1.18. The Morgan fingerprint density at radius 2 is 2.88 bits per heavy atom. The van der Waals surface area contributed by atoms with Gasteiger partial charge in [-0.05, 0) is 13.3 Å². The lowest BCUT2D eigenvalue weighted by molar-refractivity contribution is 0.0829. The molecule has 0 radical (unpaired) electrons. The van der Waals surface area contributed by atoms with E-state index in [1.54, 1.807) is 0 Å². The summed E-state index contributed by atoms with van der Waals surface area (Å²) in [5.74, 6) is 0. The van der Waals surface area contributed by atoms with Crippen LogP contribution >= 0.6 is 0 Å². The van der Waals surface area contributed by atoms with E-state index in [1.165, 1.54) is 0 Å². The van der Waals surface area contributed by atoms with E-state index in [1.807, 2.05) is 13.8 Å². The van der Waals surface area contributed by atoms with Crippen LogP contribution in [0.5, 0.6) is 0 Å². The molecule has 0 bridgehead atoms. The smallest absolute Gasteiger partial charge is 0.132 e. The first-order valence-corrected chi connectivity index (χ1v) is 2.88. The monoisotopic (exact) mass is 114 g/mol. The van der Waals surface area contributed by atoms with Gasteiger partial charge in [-0.2, -0.15) is 0 Å². The summed E-state index contributed by atoms with van der Waals surface area (Å²) in [5.41, 5.74) is 0.923. The highest BCUT2D eigenvalue weighted by Gasteiger charge is 2.14. The molecule has 46 valence electrons. The number of rotatable bonds is 1. The van der Waals surface area contributed by atoms with E-state index in [-0.39, 0.29) is 0 Å². The third kappa shape index (κ3) is 0.997. The summed E-state index contributed by atoms with van der Waals surface area (Å²) in [4.78, 5) is 4.86. The van der Waals surface area contributed by atoms with E-state index in [4.69, 9.17) is 6.21 Å². The average molecular weight is 114 g/mol. The van der Waals surface area contributed by atoms with Crippen LogP contribution in [0.15, 0.2) is 5.16 Å². The highest BCUT2D eigenvalue weighted by Crippen LogP contribution is 2.11. The molecule has 0 aliphatic carbocycles. The maximum Gasteiger partial charge on any atom is 0.132 e. The standard InChI is InChI=1S/C6H11NO/c1-3-6-4-5(2)7-8-6/h6H,3-4H2,1-2H3/i6D. The van der Waals surface area contributed by atoms with Crippen LogP contribution in [-0.4, -0.2) is 11.8 Å². The molecule has 1 atom stereocenters. The van der Waals surface area contributed by atoms with Crippen LogP contribution in [0.25, 0.3) is 0 Å². The van der Waals surface area contributed by atoms with Crippen LogP contribution < -0.4 is 0 Å². The molecule has 0 N–H and O–H groups in total. The Morgan fingerprint density at radius 3 is 3.12 bits per heavy atom. The quantitative estimate of drug-likeness (QED) is 0.507. The molecule has 0 saturated carbocycles. The van der Waals surface area contributed by atoms with Gasteiger partial charge in [-0.25, -0.2) is 0 Å². The van der Waals surface area contributed by atoms with Crippen molar-refractivity contribution in [2.75, 3.05) is 0 Å². The fourth-order valence-corrected chi connectivity index (χ4v) is 0.682. The highest BCUT2D eigenvalue weighted by molar-refractivity contribution is 5.82. The molecule has 0 aromatic carbocycles. The zero-order chi connectivity index (χ0) is 6.91. The van der Waals surface area contributed by atoms with Gasteiger partial charge in [0.2, 0.25) is 0 Å². The fraction of sp³-hybridized carbons (Fsp3) is 0.833. The molecule has 0 fully saturated rings. The molecule has 2 heteroatoms. The lowest BCUT2D eigenvalue weighted by Gasteiger charge is -2.00. The van der Waals surface area contributed by atoms with Crippen LogP contribution in [0.1, 0.15) is 28.1 Å². The molecule has 1 aliphatic rings. The second-order valence-corrected chi connectivity index (χ2v) is 1.99. The van der Waals surface area contributed by atoms with Crippen molar-refractivity contribution in [2.24, 2.45) is 5.16 Å². The Hall–Kier alpha value is -0.530. The Balaban J connectivity index is 2.53. The van der Waals surface area contributed by atoms with E-state index in [9.17, 15) is 0 Å². The van der Waals surface area contributed by atoms with Crippen molar-refractivity contribution in [1.82, 2.24) is 0 Å². The first kappa shape index (κ1) is 4.36. The molecule has 0 aromatic rings. The summed E-state index contributed by atoms with van der Waals surface area (Å²) in [6, 6.07) is 0. The van der Waals surface area contributed by atoms with Gasteiger partial charge in [0.05, 0.1) is 7.08 Å². The Bertz CT molecular complexity index is 146. The van der Waals surface area contributed by atoms with Crippen molar-refractivity contribution in [3.8, 4) is 0 Å². The van der Waals surface area contributed by atoms with Crippen LogP contribution in [0.4, 0.5) is 0 Å². The molecular formula is C6H11NO. The lowest BCUT2D eigenvalue weighted by atomic mass is 10.2. The van der Waals surface area contributed by atoms with E-state index in [0.717, 1.165) is 5.71 Å². The molecule has 1 aliphatic heterocycles. The van der Waals surface area contributed by atoms with Gasteiger partial charge in [0, 0.05) is 6.42 Å². The minimum atomic E-state index is -0.746. The zero-order valence-corrected chi connectivity index (χ0v) is 5.27. The topological polar surface area (TPSA) is 21.6 Å². The maximum atomic E-state index is 7.52. The second-order valence-electron chi connectivity index (χ2n) is 1.99. The predicted octanol–water partition coefficient (Wildman–Crippen LogP) is 1.56. The molecule has 0 spiro atoms. The minimum absolute atomic E-state index is 0.656. The molecule has 1 rings (SSSR count). The maximum absolute atomic E-state index is 7.52. The van der Waals surface area contributed by atoms with Crippen LogP contribution in [-0.2, 0) is 4.84 Å². The van der Waals surface area contributed by atoms with E-state index >= 15 is 0 Å². The van der Waals surface area contributed by atoms with Gasteiger partial charge >= 0.3 is 0 Å². The first-order chi connectivity index (χ1) is 4.16. The molecule has 2 nitrogen and oxygen atoms in total. The Morgan fingerprint density at radius 1 is 2.12 bits per heavy atom. The van der Waals surface area contributed by atoms with Crippen molar-refractivity contribution in [3.05, 3.63) is 0 Å². The summed E-state index contributed by atoms with van der Waals surface area (Å²) in [5, 5.41) is 3.69. The van der Waals surface area contributed by atoms with Crippen molar-refractivity contribution in [1.29, 1.82) is 0 Å². The molecule has 8 heavy (non-hydrogen) atoms. The highest BCUT2D eigenvalue weighted by atomic mass is 16.6. The van der Waals surface area contributed by atoms with E-state index in [0.29, 0.717) is 12.8 Å². The van der Waals surface area contributed by atoms with Crippen molar-refractivity contribution in [2.45, 2.75) is 32.8 Å². The van der Waals surface area contributed by atoms with E-state index < -0.39 is 6.08 Å². The molecule has 1 heterocycles. The average Bonchev–Trinajstić information content (AvgIpc) is 2.13. The molecule has 0 amide bonds. The van der Waals surface area contributed by atoms with Gasteiger partial charge in [-0.3, -0.25) is 0 Å². The third-order valence-corrected chi connectivity index (χ3v) is 1.18. The largest absolute Gasteiger partial charge is 0.392 e. The van der Waals surface area contributed by atoms with Gasteiger partial charge in [-0.1, -0.05) is 12.1 Å².